The van der Waals surface area contributed by atoms with Crippen LogP contribution in [0, 0.1) is 5.92 Å². The normalized spacial score (nSPS) is 23.6. The van der Waals surface area contributed by atoms with Gasteiger partial charge in [0.15, 0.2) is 5.78 Å². The van der Waals surface area contributed by atoms with Gasteiger partial charge in [-0.05, 0) is 25.8 Å². The minimum absolute atomic E-state index is 0.107. The van der Waals surface area contributed by atoms with Gasteiger partial charge in [-0.3, -0.25) is 9.69 Å². The van der Waals surface area contributed by atoms with Crippen molar-refractivity contribution in [2.45, 2.75) is 39.0 Å². The number of rotatable bonds is 5. The van der Waals surface area contributed by atoms with Crippen molar-refractivity contribution in [1.82, 2.24) is 4.90 Å². The molecule has 0 spiro atoms. The van der Waals surface area contributed by atoms with Crippen molar-refractivity contribution in [3.8, 4) is 0 Å². The van der Waals surface area contributed by atoms with Crippen molar-refractivity contribution >= 4 is 11.9 Å². The van der Waals surface area contributed by atoms with Gasteiger partial charge >= 0.3 is 6.09 Å². The van der Waals surface area contributed by atoms with Gasteiger partial charge in [-0.15, -0.1) is 6.58 Å². The summed E-state index contributed by atoms with van der Waals surface area (Å²) >= 11 is 0. The van der Waals surface area contributed by atoms with E-state index in [4.69, 9.17) is 4.74 Å². The lowest BCUT2D eigenvalue weighted by Gasteiger charge is -2.25. The van der Waals surface area contributed by atoms with Gasteiger partial charge in [0.25, 0.3) is 0 Å². The van der Waals surface area contributed by atoms with Gasteiger partial charge in [-0.2, -0.15) is 0 Å². The summed E-state index contributed by atoms with van der Waals surface area (Å²) in [7, 11) is 0. The molecule has 0 unspecified atom stereocenters. The summed E-state index contributed by atoms with van der Waals surface area (Å²) < 4.78 is 5.30. The maximum Gasteiger partial charge on any atom is 0.410 e. The molecule has 1 heterocycles. The van der Waals surface area contributed by atoms with Gasteiger partial charge in [0, 0.05) is 5.92 Å². The minimum Gasteiger partial charge on any atom is -0.445 e. The number of hydrogen-bond donors (Lipinski definition) is 1. The van der Waals surface area contributed by atoms with Crippen LogP contribution in [-0.4, -0.2) is 40.6 Å². The van der Waals surface area contributed by atoms with Crippen LogP contribution in [0.5, 0.6) is 0 Å². The zero-order chi connectivity index (χ0) is 17.0. The molecule has 1 aliphatic heterocycles. The fraction of sp³-hybridized carbons (Fsp3) is 0.444. The van der Waals surface area contributed by atoms with Gasteiger partial charge in [-0.25, -0.2) is 4.79 Å². The Morgan fingerprint density at radius 1 is 1.30 bits per heavy atom. The van der Waals surface area contributed by atoms with E-state index in [2.05, 4.69) is 6.58 Å². The Hall–Kier alpha value is -2.14. The predicted octanol–water partition coefficient (Wildman–Crippen LogP) is 2.54. The SMILES string of the molecule is C=C(C)C[C@@H]1[C@@H](C(C)=O)N(C(=O)OCc2ccccc2)C[C@@H]1O. The number of carbonyl (C=O) groups is 2. The van der Waals surface area contributed by atoms with Crippen molar-refractivity contribution in [3.63, 3.8) is 0 Å². The third-order valence-corrected chi connectivity index (χ3v) is 4.06. The molecular weight excluding hydrogens is 294 g/mol. The van der Waals surface area contributed by atoms with E-state index >= 15 is 0 Å². The summed E-state index contributed by atoms with van der Waals surface area (Å²) in [4.78, 5) is 25.6. The first-order valence-corrected chi connectivity index (χ1v) is 7.70. The van der Waals surface area contributed by atoms with Gasteiger partial charge in [0.2, 0.25) is 0 Å². The van der Waals surface area contributed by atoms with E-state index < -0.39 is 18.2 Å². The first-order valence-electron chi connectivity index (χ1n) is 7.70. The number of ether oxygens (including phenoxy) is 1. The summed E-state index contributed by atoms with van der Waals surface area (Å²) in [5.74, 6) is -0.473. The number of β-amino-alcohol motifs (C(OH)–C–C–N with tert-alkyl or cyclic N) is 1. The van der Waals surface area contributed by atoms with Gasteiger partial charge < -0.3 is 9.84 Å². The van der Waals surface area contributed by atoms with Crippen LogP contribution in [0.3, 0.4) is 0 Å². The molecule has 1 N–H and O–H groups in total. The first kappa shape index (κ1) is 17.2. The molecule has 1 amide bonds. The molecule has 1 aromatic carbocycles. The third-order valence-electron chi connectivity index (χ3n) is 4.06. The number of hydrogen-bond acceptors (Lipinski definition) is 4. The highest BCUT2D eigenvalue weighted by atomic mass is 16.6. The Morgan fingerprint density at radius 2 is 1.96 bits per heavy atom. The van der Waals surface area contributed by atoms with Crippen LogP contribution in [0.4, 0.5) is 4.79 Å². The molecular formula is C18H23NO4. The Morgan fingerprint density at radius 3 is 2.52 bits per heavy atom. The number of Topliss-reactive ketones (excluding diaryl/α,β-unsaturated/α-hetero) is 1. The zero-order valence-electron chi connectivity index (χ0n) is 13.6. The molecule has 0 radical (unpaired) electrons. The first-order chi connectivity index (χ1) is 10.9. The van der Waals surface area contributed by atoms with Crippen LogP contribution in [-0.2, 0) is 16.1 Å². The molecule has 5 nitrogen and oxygen atoms in total. The van der Waals surface area contributed by atoms with Crippen LogP contribution in [0.2, 0.25) is 0 Å². The van der Waals surface area contributed by atoms with Crippen molar-refractivity contribution in [2.24, 2.45) is 5.92 Å². The number of ketones is 1. The summed E-state index contributed by atoms with van der Waals surface area (Å²) in [6, 6.07) is 8.67. The second-order valence-electron chi connectivity index (χ2n) is 6.14. The number of allylic oxidation sites excluding steroid dienone is 1. The maximum atomic E-state index is 12.3. The van der Waals surface area contributed by atoms with Crippen LogP contribution < -0.4 is 0 Å². The Labute approximate surface area is 136 Å². The molecule has 0 saturated carbocycles. The van der Waals surface area contributed by atoms with Gasteiger partial charge in [0.1, 0.15) is 6.61 Å². The third kappa shape index (κ3) is 4.20. The number of amides is 1. The second-order valence-corrected chi connectivity index (χ2v) is 6.14. The van der Waals surface area contributed by atoms with Crippen molar-refractivity contribution in [1.29, 1.82) is 0 Å². The van der Waals surface area contributed by atoms with Crippen LogP contribution in [0.1, 0.15) is 25.8 Å². The van der Waals surface area contributed by atoms with E-state index in [0.29, 0.717) is 6.42 Å². The quantitative estimate of drug-likeness (QED) is 0.848. The molecule has 1 aliphatic rings. The topological polar surface area (TPSA) is 66.8 Å². The van der Waals surface area contributed by atoms with Gasteiger partial charge in [-0.1, -0.05) is 35.9 Å². The van der Waals surface area contributed by atoms with Gasteiger partial charge in [0.05, 0.1) is 18.7 Å². The standard InChI is InChI=1S/C18H23NO4/c1-12(2)9-15-16(21)10-19(17(15)13(3)20)18(22)23-11-14-7-5-4-6-8-14/h4-8,15-17,21H,1,9-11H2,2-3H3/t15-,16-,17+/m0/s1. The van der Waals surface area contributed by atoms with E-state index in [9.17, 15) is 14.7 Å². The van der Waals surface area contributed by atoms with Crippen LogP contribution in [0.15, 0.2) is 42.5 Å². The average Bonchev–Trinajstić information content (AvgIpc) is 2.82. The number of carbonyl (C=O) groups excluding carboxylic acids is 2. The van der Waals surface area contributed by atoms with Crippen molar-refractivity contribution < 1.29 is 19.4 Å². The van der Waals surface area contributed by atoms with Crippen LogP contribution in [0.25, 0.3) is 0 Å². The second kappa shape index (κ2) is 7.42. The highest BCUT2D eigenvalue weighted by Gasteiger charge is 2.46. The fourth-order valence-electron chi connectivity index (χ4n) is 3.05. The maximum absolute atomic E-state index is 12.3. The predicted molar refractivity (Wildman–Crippen MR) is 86.7 cm³/mol. The Balaban J connectivity index is 2.06. The zero-order valence-corrected chi connectivity index (χ0v) is 13.6. The fourth-order valence-corrected chi connectivity index (χ4v) is 3.05. The molecule has 1 aromatic rings. The highest BCUT2D eigenvalue weighted by Crippen LogP contribution is 2.31. The van der Waals surface area contributed by atoms with E-state index in [-0.39, 0.29) is 24.9 Å². The Kier molecular flexibility index (Phi) is 5.55. The summed E-state index contributed by atoms with van der Waals surface area (Å²) in [6.45, 7) is 7.37. The number of likely N-dealkylation sites (tertiary alicyclic amines) is 1. The number of aliphatic hydroxyl groups excluding tert-OH is 1. The number of aliphatic hydroxyl groups is 1. The number of nitrogens with zero attached hydrogens (tertiary/aromatic N) is 1. The lowest BCUT2D eigenvalue weighted by molar-refractivity contribution is -0.122. The molecule has 1 saturated heterocycles. The molecule has 5 heteroatoms. The summed E-state index contributed by atoms with van der Waals surface area (Å²) in [5.41, 5.74) is 1.75. The molecule has 3 atom stereocenters. The highest BCUT2D eigenvalue weighted by molar-refractivity contribution is 5.86. The van der Waals surface area contributed by atoms with E-state index in [1.165, 1.54) is 11.8 Å². The molecule has 124 valence electrons. The molecule has 0 bridgehead atoms. The molecule has 2 rings (SSSR count). The summed E-state index contributed by atoms with van der Waals surface area (Å²) in [5, 5.41) is 10.2. The molecule has 1 fully saturated rings. The number of benzene rings is 1. The minimum atomic E-state index is -0.745. The van der Waals surface area contributed by atoms with E-state index in [1.807, 2.05) is 37.3 Å². The van der Waals surface area contributed by atoms with Crippen molar-refractivity contribution in [2.75, 3.05) is 6.54 Å². The average molecular weight is 317 g/mol. The summed E-state index contributed by atoms with van der Waals surface area (Å²) in [6.07, 6.45) is -0.810. The Bertz CT molecular complexity index is 584. The lowest BCUT2D eigenvalue weighted by atomic mass is 9.89. The van der Waals surface area contributed by atoms with E-state index in [1.54, 1.807) is 0 Å². The molecule has 0 aromatic heterocycles. The smallest absolute Gasteiger partial charge is 0.410 e. The van der Waals surface area contributed by atoms with E-state index in [0.717, 1.165) is 11.1 Å². The van der Waals surface area contributed by atoms with Crippen molar-refractivity contribution in [3.05, 3.63) is 48.0 Å². The largest absolute Gasteiger partial charge is 0.445 e. The lowest BCUT2D eigenvalue weighted by Crippen LogP contribution is -2.42. The van der Waals surface area contributed by atoms with Crippen LogP contribution >= 0.6 is 0 Å². The molecule has 0 aliphatic carbocycles. The molecule has 23 heavy (non-hydrogen) atoms. The monoisotopic (exact) mass is 317 g/mol.